The summed E-state index contributed by atoms with van der Waals surface area (Å²) < 4.78 is 49.2. The van der Waals surface area contributed by atoms with Crippen molar-refractivity contribution in [2.24, 2.45) is 16.6 Å². The number of amides is 1. The SMILES string of the molecule is C=C1N=C(N)C(C#CCNC(=O)c2ccc(NN)nc2)=CN1C1CC(O)C(OOP(=O)([O-])OP(=O)([O-])OP(=O)([O-])O)O1. The van der Waals surface area contributed by atoms with Gasteiger partial charge in [0.1, 0.15) is 29.8 Å². The first kappa shape index (κ1) is 33.5. The molecule has 6 unspecified atom stereocenters. The van der Waals surface area contributed by atoms with Gasteiger partial charge in [0.05, 0.1) is 17.7 Å². The zero-order chi connectivity index (χ0) is 31.3. The van der Waals surface area contributed by atoms with Crippen LogP contribution in [0.4, 0.5) is 5.82 Å². The van der Waals surface area contributed by atoms with Crippen molar-refractivity contribution in [2.45, 2.75) is 25.0 Å². The summed E-state index contributed by atoms with van der Waals surface area (Å²) in [5, 5.41) is 12.7. The first-order valence-electron chi connectivity index (χ1n) is 11.0. The lowest BCUT2D eigenvalue weighted by Crippen LogP contribution is -2.35. The number of aliphatic imine (C=N–C) groups is 1. The molecular weight excluding hydrogens is 631 g/mol. The molecule has 0 aliphatic carbocycles. The standard InChI is InChI=1S/C18H24N7O14P3/c1-10-23-16(19)12(3-2-6-21-17(27)11-4-5-14(24-20)22-8-11)9-25(10)15-7-13(26)18(35-15)36-37-41(31,32)39-42(33,34)38-40(28,29)30/h4-5,8-9,13,15,18,26H,1,6-7,20H2,(H2,19,23)(H,21,27)(H,22,24)(H,31,32)(H,33,34)(H2,28,29,30)/p-3. The minimum absolute atomic E-state index is 0.0151. The smallest absolute Gasteiger partial charge is 0.304 e. The number of aliphatic hydroxyl groups excluding tert-OH is 1. The van der Waals surface area contributed by atoms with E-state index in [4.69, 9.17) is 21.2 Å². The Balaban J connectivity index is 1.59. The van der Waals surface area contributed by atoms with Gasteiger partial charge >= 0.3 is 7.82 Å². The number of phosphoric acid groups is 3. The highest BCUT2D eigenvalue weighted by Gasteiger charge is 2.41. The Hall–Kier alpha value is -3.02. The maximum Gasteiger partial charge on any atom is 0.304 e. The van der Waals surface area contributed by atoms with Crippen molar-refractivity contribution in [3.05, 3.63) is 48.1 Å². The lowest BCUT2D eigenvalue weighted by atomic mass is 10.2. The lowest BCUT2D eigenvalue weighted by molar-refractivity contribution is -0.370. The summed E-state index contributed by atoms with van der Waals surface area (Å²) in [6.07, 6.45) is -2.16. The first-order valence-corrected chi connectivity index (χ1v) is 15.4. The number of nitrogens with one attached hydrogen (secondary N) is 2. The number of anilines is 1. The third-order valence-corrected chi connectivity index (χ3v) is 8.31. The first-order chi connectivity index (χ1) is 19.5. The fraction of sp³-hybridized carbons (Fsp3) is 0.278. The van der Waals surface area contributed by atoms with Gasteiger partial charge < -0.3 is 50.8 Å². The quantitative estimate of drug-likeness (QED) is 0.0454. The lowest BCUT2D eigenvalue weighted by Gasteiger charge is -2.32. The van der Waals surface area contributed by atoms with Gasteiger partial charge in [0.15, 0.2) is 0 Å². The van der Waals surface area contributed by atoms with Gasteiger partial charge in [-0.3, -0.25) is 18.5 Å². The van der Waals surface area contributed by atoms with Crippen LogP contribution >= 0.6 is 23.5 Å². The maximum absolute atomic E-state index is 12.2. The van der Waals surface area contributed by atoms with Crippen molar-refractivity contribution in [3.8, 4) is 11.8 Å². The molecule has 1 aromatic rings. The van der Waals surface area contributed by atoms with Gasteiger partial charge in [-0.05, 0) is 12.1 Å². The molecule has 0 radical (unpaired) electrons. The second kappa shape index (κ2) is 13.5. The number of carbonyl (C=O) groups excluding carboxylic acids is 1. The van der Waals surface area contributed by atoms with Crippen LogP contribution < -0.4 is 37.0 Å². The number of carbonyl (C=O) groups is 1. The van der Waals surface area contributed by atoms with Crippen LogP contribution in [0.1, 0.15) is 16.8 Å². The molecular formula is C18H21N7O14P3-3. The van der Waals surface area contributed by atoms with Gasteiger partial charge in [0.2, 0.25) is 6.29 Å². The summed E-state index contributed by atoms with van der Waals surface area (Å²) in [6.45, 7) is 3.59. The fourth-order valence-corrected chi connectivity index (χ4v) is 5.80. The Morgan fingerprint density at radius 1 is 1.26 bits per heavy atom. The highest BCUT2D eigenvalue weighted by atomic mass is 31.3. The molecule has 2 aliphatic heterocycles. The summed E-state index contributed by atoms with van der Waals surface area (Å²) in [5.74, 6) is 10.5. The maximum atomic E-state index is 12.2. The van der Waals surface area contributed by atoms with E-state index in [-0.39, 0.29) is 35.8 Å². The van der Waals surface area contributed by atoms with Crippen LogP contribution in [-0.2, 0) is 36.6 Å². The molecule has 0 spiro atoms. The Kier molecular flexibility index (Phi) is 10.8. The second-order valence-corrected chi connectivity index (χ2v) is 12.1. The highest BCUT2D eigenvalue weighted by molar-refractivity contribution is 7.65. The number of aromatic nitrogens is 1. The molecule has 2 aliphatic rings. The fourth-order valence-electron chi connectivity index (χ4n) is 3.12. The third kappa shape index (κ3) is 9.78. The topological polar surface area (TPSA) is 329 Å². The molecule has 1 saturated heterocycles. The van der Waals surface area contributed by atoms with Crippen molar-refractivity contribution < 1.29 is 66.1 Å². The van der Waals surface area contributed by atoms with E-state index in [1.54, 1.807) is 0 Å². The number of rotatable bonds is 11. The molecule has 42 heavy (non-hydrogen) atoms. The van der Waals surface area contributed by atoms with Crippen molar-refractivity contribution >= 4 is 41.0 Å². The monoisotopic (exact) mass is 652 g/mol. The van der Waals surface area contributed by atoms with E-state index in [9.17, 15) is 38.3 Å². The second-order valence-electron chi connectivity index (χ2n) is 7.88. The third-order valence-electron chi connectivity index (χ3n) is 4.82. The molecule has 6 atom stereocenters. The van der Waals surface area contributed by atoms with E-state index in [1.807, 2.05) is 0 Å². The minimum atomic E-state index is -6.16. The summed E-state index contributed by atoms with van der Waals surface area (Å²) >= 11 is 0. The van der Waals surface area contributed by atoms with E-state index >= 15 is 0 Å². The summed E-state index contributed by atoms with van der Waals surface area (Å²) in [7, 11) is -18.1. The van der Waals surface area contributed by atoms with Crippen LogP contribution in [0.2, 0.25) is 0 Å². The largest absolute Gasteiger partial charge is 0.756 e. The average molecular weight is 652 g/mol. The van der Waals surface area contributed by atoms with Gasteiger partial charge in [-0.25, -0.2) is 24.4 Å². The average Bonchev–Trinajstić information content (AvgIpc) is 3.24. The van der Waals surface area contributed by atoms with E-state index in [0.717, 1.165) is 0 Å². The molecule has 0 bridgehead atoms. The minimum Gasteiger partial charge on any atom is -0.756 e. The number of aliphatic hydroxyl groups is 1. The molecule has 1 amide bonds. The molecule has 0 saturated carbocycles. The van der Waals surface area contributed by atoms with Crippen molar-refractivity contribution in [2.75, 3.05) is 12.0 Å². The number of nitrogen functional groups attached to an aromatic ring is 1. The Morgan fingerprint density at radius 3 is 2.60 bits per heavy atom. The molecule has 24 heteroatoms. The molecule has 230 valence electrons. The van der Waals surface area contributed by atoms with Crippen LogP contribution in [0, 0.1) is 11.8 Å². The number of ether oxygens (including phenoxy) is 1. The van der Waals surface area contributed by atoms with Crippen molar-refractivity contribution in [1.29, 1.82) is 0 Å². The normalized spacial score (nSPS) is 24.7. The Bertz CT molecular complexity index is 1470. The highest BCUT2D eigenvalue weighted by Crippen LogP contribution is 2.61. The number of nitrogens with zero attached hydrogens (tertiary/aromatic N) is 3. The molecule has 0 aromatic carbocycles. The van der Waals surface area contributed by atoms with E-state index in [0.29, 0.717) is 5.82 Å². The number of amidine groups is 1. The van der Waals surface area contributed by atoms with Crippen molar-refractivity contribution in [1.82, 2.24) is 15.2 Å². The van der Waals surface area contributed by atoms with Crippen LogP contribution in [-0.4, -0.2) is 56.8 Å². The van der Waals surface area contributed by atoms with Crippen LogP contribution in [0.15, 0.2) is 47.5 Å². The van der Waals surface area contributed by atoms with E-state index in [1.165, 1.54) is 29.4 Å². The summed E-state index contributed by atoms with van der Waals surface area (Å²) in [6, 6.07) is 2.99. The molecule has 3 heterocycles. The van der Waals surface area contributed by atoms with E-state index < -0.39 is 48.0 Å². The predicted molar refractivity (Wildman–Crippen MR) is 132 cm³/mol. The number of hydrogen-bond donors (Lipinski definition) is 6. The number of hydrazine groups is 1. The molecule has 1 fully saturated rings. The van der Waals surface area contributed by atoms with Gasteiger partial charge in [-0.15, -0.1) is 0 Å². The molecule has 21 nitrogen and oxygen atoms in total. The number of nitrogens with two attached hydrogens (primary N) is 2. The van der Waals surface area contributed by atoms with Crippen LogP contribution in [0.25, 0.3) is 0 Å². The van der Waals surface area contributed by atoms with Gasteiger partial charge in [0, 0.05) is 18.8 Å². The Morgan fingerprint density at radius 2 is 1.98 bits per heavy atom. The van der Waals surface area contributed by atoms with Gasteiger partial charge in [-0.2, -0.15) is 9.56 Å². The number of hydrogen-bond acceptors (Lipinski definition) is 19. The van der Waals surface area contributed by atoms with Crippen LogP contribution in [0.5, 0.6) is 0 Å². The van der Waals surface area contributed by atoms with Gasteiger partial charge in [-0.1, -0.05) is 18.4 Å². The Labute approximate surface area is 236 Å². The molecule has 1 aromatic heterocycles. The predicted octanol–water partition coefficient (Wildman–Crippen LogP) is -3.06. The van der Waals surface area contributed by atoms with E-state index in [2.05, 4.69) is 57.3 Å². The van der Waals surface area contributed by atoms with Gasteiger partial charge in [0.25, 0.3) is 21.6 Å². The zero-order valence-electron chi connectivity index (χ0n) is 20.8. The van der Waals surface area contributed by atoms with Crippen molar-refractivity contribution in [3.63, 3.8) is 0 Å². The summed E-state index contributed by atoms with van der Waals surface area (Å²) in [5.41, 5.74) is 8.61. The zero-order valence-corrected chi connectivity index (χ0v) is 23.5. The van der Waals surface area contributed by atoms with Crippen LogP contribution in [0.3, 0.4) is 0 Å². The number of pyridine rings is 1. The molecule has 3 rings (SSSR count). The molecule has 8 N–H and O–H groups in total. The summed E-state index contributed by atoms with van der Waals surface area (Å²) in [4.78, 5) is 67.6.